The first kappa shape index (κ1) is 61.0. The highest BCUT2D eigenvalue weighted by atomic mass is 16.6. The molecule has 1 saturated heterocycles. The van der Waals surface area contributed by atoms with Crippen LogP contribution >= 0.6 is 0 Å². The second-order valence-electron chi connectivity index (χ2n) is 18.2. The molecular formula is C44H71N13O15. The van der Waals surface area contributed by atoms with Crippen molar-refractivity contribution in [1.82, 2.24) is 37.2 Å². The quantitative estimate of drug-likeness (QED) is 0.0210. The topological polar surface area (TPSA) is 488 Å². The summed E-state index contributed by atoms with van der Waals surface area (Å²) in [6, 6.07) is -10.4. The summed E-state index contributed by atoms with van der Waals surface area (Å²) in [5, 5.41) is 59.5. The maximum absolute atomic E-state index is 14.6. The number of carbonyl (C=O) groups is 10. The number of amides is 9. The van der Waals surface area contributed by atoms with Gasteiger partial charge in [-0.1, -0.05) is 60.1 Å². The first-order valence-corrected chi connectivity index (χ1v) is 23.1. The smallest absolute Gasteiger partial charge is 0.329 e. The molecule has 1 aromatic carbocycles. The number of aliphatic imine (C=N–C) groups is 1. The van der Waals surface area contributed by atoms with Gasteiger partial charge in [0.25, 0.3) is 5.91 Å². The van der Waals surface area contributed by atoms with Gasteiger partial charge in [-0.15, -0.1) is 0 Å². The van der Waals surface area contributed by atoms with Crippen LogP contribution in [-0.4, -0.2) is 159 Å². The van der Waals surface area contributed by atoms with Crippen LogP contribution in [0.3, 0.4) is 0 Å². The average molecular weight is 1020 g/mol. The molecule has 13 atom stereocenters. The Labute approximate surface area is 415 Å². The molecule has 1 aliphatic rings. The Morgan fingerprint density at radius 1 is 0.736 bits per heavy atom. The number of rotatable bonds is 23. The third-order valence-corrected chi connectivity index (χ3v) is 11.4. The number of aromatic hydroxyl groups is 1. The zero-order valence-corrected chi connectivity index (χ0v) is 41.1. The van der Waals surface area contributed by atoms with E-state index in [0.29, 0.717) is 0 Å². The normalized spacial score (nSPS) is 22.1. The zero-order chi connectivity index (χ0) is 54.9. The van der Waals surface area contributed by atoms with Crippen molar-refractivity contribution < 1.29 is 73.1 Å². The molecule has 0 radical (unpaired) electrons. The number of benzene rings is 1. The minimum absolute atomic E-state index is 0.0273. The predicted molar refractivity (Wildman–Crippen MR) is 254 cm³/mol. The molecule has 0 aromatic heterocycles. The van der Waals surface area contributed by atoms with Crippen LogP contribution in [0.1, 0.15) is 85.8 Å². The molecule has 1 aromatic rings. The molecule has 0 bridgehead atoms. The van der Waals surface area contributed by atoms with Gasteiger partial charge >= 0.3 is 5.97 Å². The Balaban J connectivity index is 2.84. The number of primary amides is 2. The summed E-state index contributed by atoms with van der Waals surface area (Å²) in [7, 11) is 0. The highest BCUT2D eigenvalue weighted by Gasteiger charge is 2.46. The van der Waals surface area contributed by atoms with Gasteiger partial charge in [-0.2, -0.15) is 0 Å². The second-order valence-corrected chi connectivity index (χ2v) is 18.2. The highest BCUT2D eigenvalue weighted by molar-refractivity contribution is 6.02. The molecule has 72 heavy (non-hydrogen) atoms. The molecule has 21 N–H and O–H groups in total. The van der Waals surface area contributed by atoms with Crippen LogP contribution in [0.15, 0.2) is 29.3 Å². The lowest BCUT2D eigenvalue weighted by Crippen LogP contribution is -2.66. The number of nitrogens with one attached hydrogen (secondary N) is 7. The number of nitrogens with zero attached hydrogens (tertiary/aromatic N) is 1. The van der Waals surface area contributed by atoms with E-state index in [1.54, 1.807) is 20.8 Å². The molecule has 1 fully saturated rings. The van der Waals surface area contributed by atoms with Gasteiger partial charge in [0.15, 0.2) is 18.1 Å². The number of aliphatic hydroxyl groups excluding tert-OH is 3. The molecule has 0 aliphatic carbocycles. The lowest BCUT2D eigenvalue weighted by atomic mass is 9.95. The molecule has 1 aliphatic heterocycles. The second kappa shape index (κ2) is 28.0. The lowest BCUT2D eigenvalue weighted by Gasteiger charge is -2.31. The first-order chi connectivity index (χ1) is 33.5. The summed E-state index contributed by atoms with van der Waals surface area (Å²) < 4.78 is 5.45. The maximum Gasteiger partial charge on any atom is 0.329 e. The molecule has 28 heteroatoms. The first-order valence-electron chi connectivity index (χ1n) is 23.1. The van der Waals surface area contributed by atoms with Crippen LogP contribution < -0.4 is 65.9 Å². The number of cyclic esters (lactones) is 1. The monoisotopic (exact) mass is 1020 g/mol. The van der Waals surface area contributed by atoms with Crippen molar-refractivity contribution in [2.24, 2.45) is 51.4 Å². The van der Waals surface area contributed by atoms with Crippen LogP contribution in [-0.2, 0) is 52.7 Å². The maximum atomic E-state index is 14.6. The van der Waals surface area contributed by atoms with Crippen molar-refractivity contribution in [2.75, 3.05) is 6.54 Å². The van der Waals surface area contributed by atoms with E-state index < -0.39 is 144 Å². The summed E-state index contributed by atoms with van der Waals surface area (Å²) in [6.45, 7) is 10.8. The van der Waals surface area contributed by atoms with Gasteiger partial charge in [0.1, 0.15) is 48.1 Å². The largest absolute Gasteiger partial charge is 0.508 e. The van der Waals surface area contributed by atoms with Crippen molar-refractivity contribution in [3.8, 4) is 5.75 Å². The van der Waals surface area contributed by atoms with Crippen molar-refractivity contribution in [2.45, 2.75) is 147 Å². The van der Waals surface area contributed by atoms with Crippen LogP contribution in [0.4, 0.5) is 0 Å². The summed E-state index contributed by atoms with van der Waals surface area (Å²) >= 11 is 0. The predicted octanol–water partition coefficient (Wildman–Crippen LogP) is -6.41. The van der Waals surface area contributed by atoms with Gasteiger partial charge in [0.05, 0.1) is 12.1 Å². The fraction of sp³-hybridized carbons (Fsp3) is 0.614. The lowest BCUT2D eigenvalue weighted by molar-refractivity contribution is -0.163. The van der Waals surface area contributed by atoms with Crippen molar-refractivity contribution >= 4 is 65.1 Å². The fourth-order valence-electron chi connectivity index (χ4n) is 7.01. The number of hydrogen-bond donors (Lipinski definition) is 16. The Kier molecular flexibility index (Phi) is 23.7. The van der Waals surface area contributed by atoms with Gasteiger partial charge in [0, 0.05) is 6.54 Å². The Morgan fingerprint density at radius 3 is 1.79 bits per heavy atom. The third kappa shape index (κ3) is 17.9. The molecule has 28 nitrogen and oxygen atoms in total. The molecule has 1 heterocycles. The number of aliphatic hydroxyl groups is 3. The van der Waals surface area contributed by atoms with Gasteiger partial charge in [0.2, 0.25) is 53.4 Å². The number of phenolic OH excluding ortho intramolecular Hbond substituents is 1. The standard InChI is InChI=1S/C44H71N13O15/c1-8-19(6)25-43(71)72-33(35(47)63)29(42(70)56-27(31(60)21-11-13-22(58)14-12-21)40(68)55-26(39(67)53-25)30(59)18(4)5)57-41(69)28(32(61)34(46)62)54-37(65)23(10-9-15-50-44(48)49)51-38(66)24(16-17(2)3)52-36(64)20(7)45/h11-14,17-20,23-33,58-61H,8-10,15-16,45H2,1-7H3,(H2,46,62)(H2,47,63)(H,51,66)(H,52,64)(H,53,67)(H,54,65)(H,55,68)(H,56,70)(H,57,69)(H4,48,49,50)/t19-,20-,23-,24+,25-,26+,27+,28-,29+,30-,31+,32-,33-/m0/s1. The van der Waals surface area contributed by atoms with Crippen molar-refractivity contribution in [3.63, 3.8) is 0 Å². The minimum Gasteiger partial charge on any atom is -0.508 e. The SMILES string of the molecule is CC[C@H](C)[C@@H]1NC(=O)[C@@H]([C@@H](O)C(C)C)NC(=O)[C@@H]([C@H](O)c2ccc(O)cc2)NC(=O)[C@H](NC(=O)[C@@H](NC(=O)[C@H](CCCN=C(N)N)NC(=O)[C@@H](CC(C)C)NC(=O)[C@H](C)N)[C@H](O)C(N)=O)[C@@H](C(N)=O)OC1=O. The number of carbonyl (C=O) groups excluding carboxylic acids is 10. The van der Waals surface area contributed by atoms with E-state index in [9.17, 15) is 68.4 Å². The van der Waals surface area contributed by atoms with Crippen LogP contribution in [0.2, 0.25) is 0 Å². The minimum atomic E-state index is -2.66. The van der Waals surface area contributed by atoms with E-state index >= 15 is 0 Å². The van der Waals surface area contributed by atoms with Gasteiger partial charge < -0.3 is 91.0 Å². The van der Waals surface area contributed by atoms with Gasteiger partial charge in [-0.25, -0.2) is 4.79 Å². The van der Waals surface area contributed by atoms with E-state index in [2.05, 4.69) is 36.9 Å². The van der Waals surface area contributed by atoms with Crippen molar-refractivity contribution in [3.05, 3.63) is 29.8 Å². The molecule has 0 spiro atoms. The third-order valence-electron chi connectivity index (χ3n) is 11.4. The summed E-state index contributed by atoms with van der Waals surface area (Å²) in [4.78, 5) is 141. The zero-order valence-electron chi connectivity index (χ0n) is 41.1. The molecule has 402 valence electrons. The number of hydrogen-bond acceptors (Lipinski definition) is 17. The summed E-state index contributed by atoms with van der Waals surface area (Å²) in [5.41, 5.74) is 27.5. The Bertz CT molecular complexity index is 2140. The fourth-order valence-corrected chi connectivity index (χ4v) is 7.01. The molecule has 2 rings (SSSR count). The number of ether oxygens (including phenoxy) is 1. The summed E-state index contributed by atoms with van der Waals surface area (Å²) in [5.74, 6) is -15.8. The average Bonchev–Trinajstić information content (AvgIpc) is 3.30. The number of guanidine groups is 1. The Morgan fingerprint density at radius 2 is 1.28 bits per heavy atom. The van der Waals surface area contributed by atoms with E-state index in [1.165, 1.54) is 27.7 Å². The van der Waals surface area contributed by atoms with E-state index in [1.807, 2.05) is 5.32 Å². The van der Waals surface area contributed by atoms with E-state index in [4.69, 9.17) is 33.4 Å². The van der Waals surface area contributed by atoms with E-state index in [0.717, 1.165) is 24.3 Å². The highest BCUT2D eigenvalue weighted by Crippen LogP contribution is 2.22. The van der Waals surface area contributed by atoms with Crippen LogP contribution in [0, 0.1) is 17.8 Å². The number of phenols is 1. The Hall–Kier alpha value is -7.17. The molecule has 0 unspecified atom stereocenters. The van der Waals surface area contributed by atoms with Gasteiger partial charge in [-0.3, -0.25) is 48.1 Å². The van der Waals surface area contributed by atoms with Gasteiger partial charge in [-0.05, 0) is 61.6 Å². The van der Waals surface area contributed by atoms with Crippen molar-refractivity contribution in [1.29, 1.82) is 0 Å². The van der Waals surface area contributed by atoms with E-state index in [-0.39, 0.29) is 55.4 Å². The molecular weight excluding hydrogens is 951 g/mol. The number of esters is 1. The van der Waals surface area contributed by atoms with Crippen LogP contribution in [0.25, 0.3) is 0 Å². The summed E-state index contributed by atoms with van der Waals surface area (Å²) in [6.07, 6.45) is -9.15. The molecule has 0 saturated carbocycles. The molecule has 9 amide bonds. The van der Waals surface area contributed by atoms with Crippen LogP contribution in [0.5, 0.6) is 5.75 Å². The number of nitrogens with two attached hydrogens (primary N) is 5.